The lowest BCUT2D eigenvalue weighted by Gasteiger charge is -2.42. The molecule has 1 aromatic heterocycles. The van der Waals surface area contributed by atoms with Crippen molar-refractivity contribution in [3.05, 3.63) is 82.7 Å². The summed E-state index contributed by atoms with van der Waals surface area (Å²) in [5.41, 5.74) is 9.23. The zero-order chi connectivity index (χ0) is 27.1. The van der Waals surface area contributed by atoms with Gasteiger partial charge in [0.15, 0.2) is 5.69 Å². The number of thiazole rings is 1. The standard InChI is InChI=1S/C33H38N2O2S.BrH/c1-8-22-17-28-29(33(4,5)16-15-32(28,2)3)20-27(22)30-21-38-31(34-23-11-9-13-25(18-23)36-6)35(30)24-12-10-14-26(19-24)37-7;/h9-14,17-21H,8,15-16H2,1-7H3;1H. The number of fused-ring (bicyclic) bond motifs is 1. The lowest BCUT2D eigenvalue weighted by molar-refractivity contribution is -0.563. The van der Waals surface area contributed by atoms with E-state index in [4.69, 9.17) is 9.47 Å². The SMILES string of the molecule is CCc1cc2c(cc1-c1csc(Nc3cccc(OC)c3)[n+]1-c1cccc(OC)c1)C(C)(C)CCC2(C)C.[Br-]. The van der Waals surface area contributed by atoms with E-state index >= 15 is 0 Å². The summed E-state index contributed by atoms with van der Waals surface area (Å²) in [4.78, 5) is 0. The van der Waals surface area contributed by atoms with E-state index in [-0.39, 0.29) is 27.8 Å². The van der Waals surface area contributed by atoms with Gasteiger partial charge in [-0.3, -0.25) is 0 Å². The maximum absolute atomic E-state index is 5.61. The highest BCUT2D eigenvalue weighted by molar-refractivity contribution is 7.13. The fraction of sp³-hybridized carbons (Fsp3) is 0.364. The molecule has 0 atom stereocenters. The minimum atomic E-state index is 0. The second kappa shape index (κ2) is 11.3. The zero-order valence-corrected chi connectivity index (χ0v) is 26.4. The average molecular weight is 608 g/mol. The summed E-state index contributed by atoms with van der Waals surface area (Å²) in [6.45, 7) is 11.9. The molecule has 0 unspecified atom stereocenters. The minimum absolute atomic E-state index is 0. The molecule has 39 heavy (non-hydrogen) atoms. The van der Waals surface area contributed by atoms with Crippen molar-refractivity contribution < 1.29 is 31.0 Å². The van der Waals surface area contributed by atoms with E-state index in [0.717, 1.165) is 34.4 Å². The first-order chi connectivity index (χ1) is 18.2. The number of ether oxygens (including phenoxy) is 2. The molecule has 1 N–H and O–H groups in total. The lowest BCUT2D eigenvalue weighted by atomic mass is 9.62. The first-order valence-electron chi connectivity index (χ1n) is 13.4. The monoisotopic (exact) mass is 606 g/mol. The molecular formula is C33H39BrN2O2S. The highest BCUT2D eigenvalue weighted by atomic mass is 79.9. The van der Waals surface area contributed by atoms with E-state index in [1.54, 1.807) is 25.6 Å². The van der Waals surface area contributed by atoms with Crippen LogP contribution in [0.1, 0.15) is 64.2 Å². The molecule has 1 aliphatic carbocycles. The Kier molecular flexibility index (Phi) is 8.48. The van der Waals surface area contributed by atoms with Gasteiger partial charge in [-0.05, 0) is 77.1 Å². The quantitative estimate of drug-likeness (QED) is 0.287. The molecule has 6 heteroatoms. The predicted octanol–water partition coefficient (Wildman–Crippen LogP) is 5.37. The van der Waals surface area contributed by atoms with Gasteiger partial charge >= 0.3 is 5.13 Å². The molecule has 4 aromatic rings. The van der Waals surface area contributed by atoms with Crippen LogP contribution < -0.4 is 36.3 Å². The summed E-state index contributed by atoms with van der Waals surface area (Å²) < 4.78 is 13.4. The van der Waals surface area contributed by atoms with Crippen LogP contribution in [-0.4, -0.2) is 14.2 Å². The second-order valence-corrected chi connectivity index (χ2v) is 12.4. The van der Waals surface area contributed by atoms with Gasteiger partial charge < -0.3 is 26.5 Å². The summed E-state index contributed by atoms with van der Waals surface area (Å²) in [6, 6.07) is 21.3. The van der Waals surface area contributed by atoms with Gasteiger partial charge in [0.05, 0.1) is 14.2 Å². The van der Waals surface area contributed by atoms with Crippen molar-refractivity contribution in [3.8, 4) is 28.4 Å². The zero-order valence-electron chi connectivity index (χ0n) is 24.0. The second-order valence-electron chi connectivity index (χ2n) is 11.5. The Balaban J connectivity index is 0.00000353. The summed E-state index contributed by atoms with van der Waals surface area (Å²) in [7, 11) is 3.42. The number of methoxy groups -OCH3 is 2. The molecule has 1 aliphatic rings. The van der Waals surface area contributed by atoms with Crippen molar-refractivity contribution in [3.63, 3.8) is 0 Å². The van der Waals surface area contributed by atoms with Crippen molar-refractivity contribution in [2.24, 2.45) is 0 Å². The van der Waals surface area contributed by atoms with E-state index in [1.165, 1.54) is 40.8 Å². The van der Waals surface area contributed by atoms with E-state index in [1.807, 2.05) is 24.3 Å². The number of halogens is 1. The third-order valence-electron chi connectivity index (χ3n) is 8.09. The Hall–Kier alpha value is -2.83. The van der Waals surface area contributed by atoms with Crippen LogP contribution in [-0.2, 0) is 17.3 Å². The molecule has 0 fully saturated rings. The smallest absolute Gasteiger partial charge is 0.344 e. The van der Waals surface area contributed by atoms with Crippen molar-refractivity contribution in [1.82, 2.24) is 0 Å². The van der Waals surface area contributed by atoms with Gasteiger partial charge in [-0.1, -0.05) is 64.2 Å². The van der Waals surface area contributed by atoms with Crippen LogP contribution in [0.2, 0.25) is 0 Å². The number of hydrogen-bond acceptors (Lipinski definition) is 4. The molecular weight excluding hydrogens is 568 g/mol. The molecule has 206 valence electrons. The van der Waals surface area contributed by atoms with Crippen molar-refractivity contribution in [2.45, 2.75) is 64.7 Å². The maximum Gasteiger partial charge on any atom is 0.344 e. The molecule has 4 nitrogen and oxygen atoms in total. The summed E-state index contributed by atoms with van der Waals surface area (Å²) in [6.07, 6.45) is 3.39. The van der Waals surface area contributed by atoms with Crippen molar-refractivity contribution in [2.75, 3.05) is 19.5 Å². The van der Waals surface area contributed by atoms with Gasteiger partial charge in [-0.25, -0.2) is 5.32 Å². The third-order valence-corrected chi connectivity index (χ3v) is 8.94. The van der Waals surface area contributed by atoms with Crippen molar-refractivity contribution >= 4 is 22.2 Å². The van der Waals surface area contributed by atoms with Gasteiger partial charge in [0.25, 0.3) is 0 Å². The lowest BCUT2D eigenvalue weighted by Crippen LogP contribution is -3.00. The van der Waals surface area contributed by atoms with E-state index in [0.29, 0.717) is 0 Å². The first-order valence-corrected chi connectivity index (χ1v) is 14.3. The van der Waals surface area contributed by atoms with Crippen LogP contribution >= 0.6 is 11.3 Å². The van der Waals surface area contributed by atoms with Crippen LogP contribution in [0, 0.1) is 0 Å². The molecule has 0 amide bonds. The number of hydrogen-bond donors (Lipinski definition) is 1. The van der Waals surface area contributed by atoms with Gasteiger partial charge in [-0.2, -0.15) is 4.57 Å². The van der Waals surface area contributed by atoms with E-state index in [9.17, 15) is 0 Å². The third kappa shape index (κ3) is 5.59. The number of rotatable bonds is 7. The Morgan fingerprint density at radius 3 is 2.10 bits per heavy atom. The number of benzene rings is 3. The van der Waals surface area contributed by atoms with Crippen LogP contribution in [0.25, 0.3) is 16.9 Å². The van der Waals surface area contributed by atoms with E-state index in [2.05, 4.69) is 86.3 Å². The first kappa shape index (κ1) is 29.2. The molecule has 3 aromatic carbocycles. The fourth-order valence-corrected chi connectivity index (χ4v) is 6.56. The minimum Gasteiger partial charge on any atom is -1.00 e. The maximum atomic E-state index is 5.61. The van der Waals surface area contributed by atoms with Gasteiger partial charge in [0.2, 0.25) is 0 Å². The molecule has 5 rings (SSSR count). The fourth-order valence-electron chi connectivity index (χ4n) is 5.62. The van der Waals surface area contributed by atoms with Crippen LogP contribution in [0.4, 0.5) is 10.8 Å². The number of aryl methyl sites for hydroxylation is 1. The average Bonchev–Trinajstić information content (AvgIpc) is 3.34. The van der Waals surface area contributed by atoms with Gasteiger partial charge in [0.1, 0.15) is 22.9 Å². The van der Waals surface area contributed by atoms with Gasteiger partial charge in [-0.15, -0.1) is 0 Å². The molecule has 1 heterocycles. The Bertz CT molecular complexity index is 1470. The number of nitrogens with zero attached hydrogens (tertiary/aromatic N) is 1. The Labute approximate surface area is 247 Å². The largest absolute Gasteiger partial charge is 1.00 e. The highest BCUT2D eigenvalue weighted by Crippen LogP contribution is 2.48. The van der Waals surface area contributed by atoms with Crippen LogP contribution in [0.3, 0.4) is 0 Å². The topological polar surface area (TPSA) is 34.4 Å². The molecule has 0 spiro atoms. The molecule has 0 saturated heterocycles. The normalized spacial score (nSPS) is 15.2. The number of aromatic nitrogens is 1. The van der Waals surface area contributed by atoms with Crippen molar-refractivity contribution in [1.29, 1.82) is 0 Å². The predicted molar refractivity (Wildman–Crippen MR) is 159 cm³/mol. The Morgan fingerprint density at radius 2 is 1.46 bits per heavy atom. The number of anilines is 2. The van der Waals surface area contributed by atoms with Gasteiger partial charge in [0, 0.05) is 23.1 Å². The highest BCUT2D eigenvalue weighted by Gasteiger charge is 2.38. The summed E-state index contributed by atoms with van der Waals surface area (Å²) in [5, 5.41) is 6.97. The Morgan fingerprint density at radius 1 is 0.846 bits per heavy atom. The van der Waals surface area contributed by atoms with Crippen LogP contribution in [0.5, 0.6) is 11.5 Å². The molecule has 0 radical (unpaired) electrons. The molecule has 0 saturated carbocycles. The molecule has 0 bridgehead atoms. The van der Waals surface area contributed by atoms with Crippen LogP contribution in [0.15, 0.2) is 66.0 Å². The summed E-state index contributed by atoms with van der Waals surface area (Å²) >= 11 is 1.71. The summed E-state index contributed by atoms with van der Waals surface area (Å²) in [5.74, 6) is 1.66. The molecule has 0 aliphatic heterocycles. The number of nitrogens with one attached hydrogen (secondary N) is 1. The van der Waals surface area contributed by atoms with E-state index < -0.39 is 0 Å².